The molecule has 2 saturated carbocycles. The first-order valence-corrected chi connectivity index (χ1v) is 15.4. The fourth-order valence-electron chi connectivity index (χ4n) is 6.46. The number of ether oxygens (including phenoxy) is 1. The summed E-state index contributed by atoms with van der Waals surface area (Å²) in [5.41, 5.74) is 3.97. The molecule has 0 atom stereocenters. The first-order valence-electron chi connectivity index (χ1n) is 13.8. The molecule has 1 N–H and O–H groups in total. The number of halogens is 2. The van der Waals surface area contributed by atoms with Gasteiger partial charge in [0.2, 0.25) is 0 Å². The number of carboxylic acids is 1. The third-order valence-electron chi connectivity index (χ3n) is 8.88. The Bertz CT molecular complexity index is 1570. The smallest absolute Gasteiger partial charge is 0.356 e. The van der Waals surface area contributed by atoms with E-state index in [-0.39, 0.29) is 11.8 Å². The quantitative estimate of drug-likeness (QED) is 0.229. The molecule has 2 aromatic heterocycles. The normalized spacial score (nSPS) is 22.9. The second-order valence-electron chi connectivity index (χ2n) is 11.4. The van der Waals surface area contributed by atoms with Crippen LogP contribution in [0.5, 0.6) is 0 Å². The van der Waals surface area contributed by atoms with Crippen molar-refractivity contribution in [3.8, 4) is 11.3 Å². The first-order chi connectivity index (χ1) is 19.4. The van der Waals surface area contributed by atoms with E-state index in [0.29, 0.717) is 44.6 Å². The Morgan fingerprint density at radius 3 is 2.62 bits per heavy atom. The van der Waals surface area contributed by atoms with Crippen LogP contribution < -0.4 is 4.90 Å². The van der Waals surface area contributed by atoms with Gasteiger partial charge in [0.15, 0.2) is 5.69 Å². The van der Waals surface area contributed by atoms with Crippen LogP contribution in [-0.2, 0) is 11.3 Å². The number of rotatable bonds is 7. The maximum atomic E-state index is 11.4. The van der Waals surface area contributed by atoms with Crippen LogP contribution >= 0.6 is 34.7 Å². The van der Waals surface area contributed by atoms with Crippen LogP contribution in [0.1, 0.15) is 72.7 Å². The van der Waals surface area contributed by atoms with Gasteiger partial charge < -0.3 is 19.3 Å². The van der Waals surface area contributed by atoms with E-state index in [1.165, 1.54) is 11.5 Å². The summed E-state index contributed by atoms with van der Waals surface area (Å²) in [4.78, 5) is 13.9. The van der Waals surface area contributed by atoms with Crippen molar-refractivity contribution < 1.29 is 19.2 Å². The fourth-order valence-corrected chi connectivity index (χ4v) is 7.84. The van der Waals surface area contributed by atoms with Crippen LogP contribution in [0.25, 0.3) is 21.3 Å². The summed E-state index contributed by atoms with van der Waals surface area (Å²) in [5, 5.41) is 15.6. The summed E-state index contributed by atoms with van der Waals surface area (Å²) in [6.45, 7) is 2.47. The molecular weight excluding hydrogens is 569 g/mol. The Labute approximate surface area is 246 Å². The van der Waals surface area contributed by atoms with Crippen LogP contribution in [0, 0.1) is 5.41 Å². The molecule has 2 aromatic carbocycles. The number of carbonyl (C=O) groups is 1. The molecule has 0 unspecified atom stereocenters. The Morgan fingerprint density at radius 2 is 1.90 bits per heavy atom. The molecule has 0 radical (unpaired) electrons. The lowest BCUT2D eigenvalue weighted by atomic mass is 9.72. The zero-order valence-electron chi connectivity index (χ0n) is 21.9. The molecule has 1 aliphatic heterocycles. The number of aromatic nitrogens is 2. The van der Waals surface area contributed by atoms with Crippen molar-refractivity contribution in [3.63, 3.8) is 0 Å². The molecule has 10 heteroatoms. The molecule has 208 valence electrons. The van der Waals surface area contributed by atoms with Crippen LogP contribution in [0.4, 0.5) is 5.69 Å². The molecule has 1 saturated heterocycles. The molecule has 3 aliphatic rings. The topological polar surface area (TPSA) is 88.7 Å². The van der Waals surface area contributed by atoms with Crippen molar-refractivity contribution in [3.05, 3.63) is 63.5 Å². The minimum atomic E-state index is -0.977. The maximum Gasteiger partial charge on any atom is 0.356 e. The fraction of sp³-hybridized carbons (Fsp3) is 0.433. The molecule has 0 bridgehead atoms. The van der Waals surface area contributed by atoms with E-state index in [1.807, 2.05) is 30.3 Å². The highest BCUT2D eigenvalue weighted by Crippen LogP contribution is 2.48. The first kappa shape index (κ1) is 26.3. The number of nitrogens with zero attached hydrogens (tertiary/aromatic N) is 3. The van der Waals surface area contributed by atoms with Gasteiger partial charge in [-0.25, -0.2) is 4.79 Å². The van der Waals surface area contributed by atoms with Crippen molar-refractivity contribution in [2.45, 2.75) is 63.6 Å². The monoisotopic (exact) mass is 597 g/mol. The Morgan fingerprint density at radius 1 is 1.12 bits per heavy atom. The van der Waals surface area contributed by atoms with E-state index in [2.05, 4.69) is 20.5 Å². The van der Waals surface area contributed by atoms with Gasteiger partial charge in [0.25, 0.3) is 0 Å². The van der Waals surface area contributed by atoms with Gasteiger partial charge in [-0.15, -0.1) is 0 Å². The zero-order valence-corrected chi connectivity index (χ0v) is 24.2. The minimum absolute atomic E-state index is 0.139. The highest BCUT2D eigenvalue weighted by Gasteiger charge is 2.42. The van der Waals surface area contributed by atoms with Crippen molar-refractivity contribution in [2.24, 2.45) is 5.41 Å². The molecule has 4 aromatic rings. The number of hydrogen-bond acceptors (Lipinski definition) is 7. The Kier molecular flexibility index (Phi) is 6.77. The summed E-state index contributed by atoms with van der Waals surface area (Å²) in [7, 11) is 0. The number of benzene rings is 2. The largest absolute Gasteiger partial charge is 0.476 e. The molecule has 40 heavy (non-hydrogen) atoms. The molecule has 2 aliphatic carbocycles. The predicted molar refractivity (Wildman–Crippen MR) is 157 cm³/mol. The van der Waals surface area contributed by atoms with Gasteiger partial charge in [0.05, 0.1) is 27.5 Å². The van der Waals surface area contributed by atoms with Crippen molar-refractivity contribution in [1.82, 2.24) is 9.53 Å². The lowest BCUT2D eigenvalue weighted by Crippen LogP contribution is -2.33. The summed E-state index contributed by atoms with van der Waals surface area (Å²) in [6.07, 6.45) is 7.87. The van der Waals surface area contributed by atoms with Gasteiger partial charge in [-0.05, 0) is 92.2 Å². The average Bonchev–Trinajstić information content (AvgIpc) is 3.36. The summed E-state index contributed by atoms with van der Waals surface area (Å²) >= 11 is 14.3. The Hall–Kier alpha value is -2.65. The van der Waals surface area contributed by atoms with Crippen molar-refractivity contribution >= 4 is 56.5 Å². The second kappa shape index (κ2) is 10.3. The minimum Gasteiger partial charge on any atom is -0.476 e. The number of hydrogen-bond donors (Lipinski definition) is 1. The molecule has 7 rings (SSSR count). The van der Waals surface area contributed by atoms with Gasteiger partial charge in [0, 0.05) is 41.2 Å². The maximum absolute atomic E-state index is 11.4. The molecule has 1 spiro atoms. The lowest BCUT2D eigenvalue weighted by Gasteiger charge is -2.37. The van der Waals surface area contributed by atoms with Gasteiger partial charge in [-0.1, -0.05) is 34.4 Å². The molecule has 3 fully saturated rings. The van der Waals surface area contributed by atoms with Gasteiger partial charge in [0.1, 0.15) is 11.5 Å². The Balaban J connectivity index is 1.01. The molecule has 3 heterocycles. The highest BCUT2D eigenvalue weighted by molar-refractivity contribution is 7.13. The van der Waals surface area contributed by atoms with Crippen molar-refractivity contribution in [1.29, 1.82) is 0 Å². The summed E-state index contributed by atoms with van der Waals surface area (Å²) in [6, 6.07) is 11.5. The van der Waals surface area contributed by atoms with Gasteiger partial charge in [-0.2, -0.15) is 4.37 Å². The van der Waals surface area contributed by atoms with Crippen LogP contribution in [0.15, 0.2) is 40.9 Å². The summed E-state index contributed by atoms with van der Waals surface area (Å²) in [5.74, 6) is 0.341. The van der Waals surface area contributed by atoms with E-state index >= 15 is 0 Å². The SMILES string of the molecule is O=C(O)c1nsc2cc(N3CCC4(CCC(OCc5c(-c6c(Cl)cccc6Cl)noc5C5CC5)CC4)C3)ccc12. The van der Waals surface area contributed by atoms with E-state index in [1.54, 1.807) is 0 Å². The number of fused-ring (bicyclic) bond motifs is 1. The lowest BCUT2D eigenvalue weighted by molar-refractivity contribution is -0.00883. The number of anilines is 1. The van der Waals surface area contributed by atoms with Gasteiger partial charge >= 0.3 is 5.97 Å². The molecule has 7 nitrogen and oxygen atoms in total. The highest BCUT2D eigenvalue weighted by atomic mass is 35.5. The zero-order chi connectivity index (χ0) is 27.4. The van der Waals surface area contributed by atoms with E-state index in [0.717, 1.165) is 79.7 Å². The second-order valence-corrected chi connectivity index (χ2v) is 13.1. The third-order valence-corrected chi connectivity index (χ3v) is 10.3. The number of carboxylic acid groups (broad SMARTS) is 1. The van der Waals surface area contributed by atoms with Crippen LogP contribution in [0.2, 0.25) is 10.0 Å². The summed E-state index contributed by atoms with van der Waals surface area (Å²) < 4.78 is 17.4. The van der Waals surface area contributed by atoms with E-state index < -0.39 is 5.97 Å². The average molecular weight is 599 g/mol. The van der Waals surface area contributed by atoms with E-state index in [4.69, 9.17) is 32.5 Å². The standard InChI is InChI=1S/C30H29Cl2N3O4S/c31-22-2-1-3-23(32)25(22)26-21(28(39-33-26)17-4-5-17)15-38-19-8-10-30(11-9-19)12-13-35(16-30)18-6-7-20-24(14-18)40-34-27(20)29(36)37/h1-3,6-7,14,17,19H,4-5,8-13,15-16H2,(H,36,37). The van der Waals surface area contributed by atoms with Gasteiger partial charge in [-0.3, -0.25) is 0 Å². The number of aromatic carboxylic acids is 1. The third kappa shape index (κ3) is 4.79. The van der Waals surface area contributed by atoms with E-state index in [9.17, 15) is 9.90 Å². The van der Waals surface area contributed by atoms with Crippen molar-refractivity contribution in [2.75, 3.05) is 18.0 Å². The molecule has 0 amide bonds. The molecular formula is C30H29Cl2N3O4S. The predicted octanol–water partition coefficient (Wildman–Crippen LogP) is 8.19. The van der Waals surface area contributed by atoms with Crippen LogP contribution in [-0.4, -0.2) is 39.8 Å². The van der Waals surface area contributed by atoms with Crippen LogP contribution in [0.3, 0.4) is 0 Å².